The van der Waals surface area contributed by atoms with E-state index >= 15 is 0 Å². The molecule has 0 amide bonds. The number of rotatable bonds is 2. The van der Waals surface area contributed by atoms with Crippen LogP contribution in [-0.4, -0.2) is 17.3 Å². The number of ether oxygens (including phenoxy) is 2. The van der Waals surface area contributed by atoms with Gasteiger partial charge in [-0.2, -0.15) is 0 Å². The van der Waals surface area contributed by atoms with Crippen molar-refractivity contribution in [3.05, 3.63) is 46.9 Å². The summed E-state index contributed by atoms with van der Waals surface area (Å²) in [6.45, 7) is 5.52. The van der Waals surface area contributed by atoms with Crippen molar-refractivity contribution in [1.29, 1.82) is 0 Å². The fourth-order valence-electron chi connectivity index (χ4n) is 1.81. The Labute approximate surface area is 93.1 Å². The number of nitrogens with zero attached hydrogens (tertiary/aromatic N) is 1. The third kappa shape index (κ3) is 1.91. The molecule has 85 valence electrons. The Morgan fingerprint density at radius 3 is 2.62 bits per heavy atom. The molecule has 0 N–H and O–H groups in total. The highest BCUT2D eigenvalue weighted by Gasteiger charge is 2.35. The monoisotopic (exact) mass is 222 g/mol. The Bertz CT molecular complexity index is 407. The van der Waals surface area contributed by atoms with E-state index in [1.165, 1.54) is 6.07 Å². The molecule has 1 aliphatic rings. The lowest BCUT2D eigenvalue weighted by molar-refractivity contribution is -0.386. The zero-order valence-electron chi connectivity index (χ0n) is 8.83. The number of hydrogen-bond donors (Lipinski definition) is 0. The predicted molar refractivity (Wildman–Crippen MR) is 56.6 cm³/mol. The lowest BCUT2D eigenvalue weighted by Crippen LogP contribution is -2.12. The molecule has 0 aromatic heterocycles. The summed E-state index contributed by atoms with van der Waals surface area (Å²) in [5, 5.41) is 10.9. The maximum absolute atomic E-state index is 10.9. The zero-order chi connectivity index (χ0) is 11.7. The lowest BCUT2D eigenvalue weighted by atomic mass is 10.0. The van der Waals surface area contributed by atoms with Gasteiger partial charge in [-0.1, -0.05) is 12.1 Å². The van der Waals surface area contributed by atoms with Crippen molar-refractivity contribution in [2.24, 2.45) is 0 Å². The second-order valence-corrected chi connectivity index (χ2v) is 3.61. The maximum Gasteiger partial charge on any atom is 0.275 e. The van der Waals surface area contributed by atoms with E-state index in [1.54, 1.807) is 25.1 Å². The highest BCUT2D eigenvalue weighted by atomic mass is 16.7. The molecule has 1 aliphatic heterocycles. The first kappa shape index (κ1) is 11.0. The van der Waals surface area contributed by atoms with E-state index in [1.807, 2.05) is 0 Å². The fraction of sp³-hybridized carbons (Fsp3) is 0.364. The third-order valence-electron chi connectivity index (χ3n) is 2.48. The minimum absolute atomic E-state index is 0.0406. The van der Waals surface area contributed by atoms with Crippen LogP contribution in [0, 0.1) is 17.0 Å². The number of benzene rings is 1. The van der Waals surface area contributed by atoms with Gasteiger partial charge in [0.1, 0.15) is 6.10 Å². The van der Waals surface area contributed by atoms with Crippen LogP contribution in [0.5, 0.6) is 0 Å². The van der Waals surface area contributed by atoms with E-state index in [0.717, 1.165) is 0 Å². The molecule has 0 saturated carbocycles. The average molecular weight is 222 g/mol. The fourth-order valence-corrected chi connectivity index (χ4v) is 1.81. The molecule has 2 rings (SSSR count). The van der Waals surface area contributed by atoms with E-state index in [4.69, 9.17) is 9.47 Å². The van der Waals surface area contributed by atoms with E-state index in [2.05, 4.69) is 6.92 Å². The van der Waals surface area contributed by atoms with Crippen LogP contribution in [0.4, 0.5) is 5.69 Å². The number of hydrogen-bond acceptors (Lipinski definition) is 4. The SMILES string of the molecule is [CH2][C@H]1OC(C)O[C@@H]1c1ccccc1[N+](=O)[O-]. The van der Waals surface area contributed by atoms with Gasteiger partial charge in [0.05, 0.1) is 16.6 Å². The summed E-state index contributed by atoms with van der Waals surface area (Å²) in [6.07, 6.45) is -1.28. The summed E-state index contributed by atoms with van der Waals surface area (Å²) < 4.78 is 10.8. The number of nitro benzene ring substituents is 1. The molecule has 3 atom stereocenters. The van der Waals surface area contributed by atoms with Crippen LogP contribution < -0.4 is 0 Å². The number of para-hydroxylation sites is 1. The second kappa shape index (κ2) is 4.19. The lowest BCUT2D eigenvalue weighted by Gasteiger charge is -2.12. The largest absolute Gasteiger partial charge is 0.347 e. The third-order valence-corrected chi connectivity index (χ3v) is 2.48. The molecule has 1 heterocycles. The topological polar surface area (TPSA) is 61.6 Å². The minimum Gasteiger partial charge on any atom is -0.347 e. The van der Waals surface area contributed by atoms with Gasteiger partial charge in [-0.05, 0) is 19.9 Å². The van der Waals surface area contributed by atoms with Crippen molar-refractivity contribution >= 4 is 5.69 Å². The van der Waals surface area contributed by atoms with E-state index in [9.17, 15) is 10.1 Å². The molecule has 5 heteroatoms. The first-order valence-electron chi connectivity index (χ1n) is 4.97. The molecule has 1 unspecified atom stereocenters. The smallest absolute Gasteiger partial charge is 0.275 e. The van der Waals surface area contributed by atoms with Crippen LogP contribution in [0.15, 0.2) is 24.3 Å². The zero-order valence-corrected chi connectivity index (χ0v) is 8.83. The Hall–Kier alpha value is -1.46. The van der Waals surface area contributed by atoms with Gasteiger partial charge < -0.3 is 9.47 Å². The van der Waals surface area contributed by atoms with Crippen LogP contribution in [0.3, 0.4) is 0 Å². The van der Waals surface area contributed by atoms with Gasteiger partial charge in [-0.25, -0.2) is 0 Å². The van der Waals surface area contributed by atoms with E-state index in [0.29, 0.717) is 5.56 Å². The molecule has 1 aromatic rings. The quantitative estimate of drug-likeness (QED) is 0.568. The average Bonchev–Trinajstić information content (AvgIpc) is 2.57. The normalized spacial score (nSPS) is 29.2. The Morgan fingerprint density at radius 2 is 2.06 bits per heavy atom. The molecular formula is C11H12NO4. The molecule has 1 radical (unpaired) electrons. The van der Waals surface area contributed by atoms with Crippen LogP contribution in [0.25, 0.3) is 0 Å². The minimum atomic E-state index is -0.475. The van der Waals surface area contributed by atoms with Crippen molar-refractivity contribution in [2.75, 3.05) is 0 Å². The van der Waals surface area contributed by atoms with Crippen LogP contribution in [0.2, 0.25) is 0 Å². The van der Waals surface area contributed by atoms with Gasteiger partial charge in [-0.3, -0.25) is 10.1 Å². The van der Waals surface area contributed by atoms with Gasteiger partial charge in [0.25, 0.3) is 5.69 Å². The standard InChI is InChI=1S/C11H12NO4/c1-7-11(16-8(2)15-7)9-5-3-4-6-10(9)12(13)14/h3-8,11H,1H2,2H3/t7-,8?,11+/m1/s1. The molecule has 0 spiro atoms. The maximum atomic E-state index is 10.9. The van der Waals surface area contributed by atoms with Crippen LogP contribution >= 0.6 is 0 Å². The highest BCUT2D eigenvalue weighted by molar-refractivity contribution is 5.42. The van der Waals surface area contributed by atoms with Gasteiger partial charge in [0.15, 0.2) is 6.29 Å². The highest BCUT2D eigenvalue weighted by Crippen LogP contribution is 2.36. The Morgan fingerprint density at radius 1 is 1.38 bits per heavy atom. The van der Waals surface area contributed by atoms with Gasteiger partial charge in [0, 0.05) is 6.07 Å². The van der Waals surface area contributed by atoms with Crippen LogP contribution in [-0.2, 0) is 9.47 Å². The van der Waals surface area contributed by atoms with Crippen molar-refractivity contribution < 1.29 is 14.4 Å². The van der Waals surface area contributed by atoms with Crippen molar-refractivity contribution in [3.8, 4) is 0 Å². The number of nitro groups is 1. The van der Waals surface area contributed by atoms with Gasteiger partial charge >= 0.3 is 0 Å². The van der Waals surface area contributed by atoms with Crippen molar-refractivity contribution in [2.45, 2.75) is 25.4 Å². The first-order chi connectivity index (χ1) is 7.59. The van der Waals surface area contributed by atoms with Gasteiger partial charge in [-0.15, -0.1) is 0 Å². The Balaban J connectivity index is 2.36. The summed E-state index contributed by atoms with van der Waals surface area (Å²) >= 11 is 0. The molecule has 0 aliphatic carbocycles. The van der Waals surface area contributed by atoms with Crippen molar-refractivity contribution in [3.63, 3.8) is 0 Å². The summed E-state index contributed by atoms with van der Waals surface area (Å²) in [6, 6.07) is 6.48. The molecule has 16 heavy (non-hydrogen) atoms. The van der Waals surface area contributed by atoms with Crippen LogP contribution in [0.1, 0.15) is 18.6 Å². The molecular weight excluding hydrogens is 210 g/mol. The van der Waals surface area contributed by atoms with Gasteiger partial charge in [0.2, 0.25) is 0 Å². The molecule has 1 aromatic carbocycles. The Kier molecular flexibility index (Phi) is 2.89. The molecule has 1 fully saturated rings. The molecule has 0 bridgehead atoms. The van der Waals surface area contributed by atoms with E-state index in [-0.39, 0.29) is 12.0 Å². The summed E-state index contributed by atoms with van der Waals surface area (Å²) in [7, 11) is 0. The second-order valence-electron chi connectivity index (χ2n) is 3.61. The first-order valence-corrected chi connectivity index (χ1v) is 4.97. The molecule has 1 saturated heterocycles. The van der Waals surface area contributed by atoms with Crippen molar-refractivity contribution in [1.82, 2.24) is 0 Å². The van der Waals surface area contributed by atoms with E-state index < -0.39 is 17.1 Å². The summed E-state index contributed by atoms with van der Waals surface area (Å²) in [4.78, 5) is 10.4. The summed E-state index contributed by atoms with van der Waals surface area (Å²) in [5.74, 6) is 0. The predicted octanol–water partition coefficient (Wildman–Crippen LogP) is 2.23. The molecule has 5 nitrogen and oxygen atoms in total. The summed E-state index contributed by atoms with van der Waals surface area (Å²) in [5.41, 5.74) is 0.552.